The van der Waals surface area contributed by atoms with E-state index in [-0.39, 0.29) is 18.1 Å². The first-order chi connectivity index (χ1) is 14.4. The second kappa shape index (κ2) is 9.59. The number of pyridine rings is 2. The van der Waals surface area contributed by atoms with Gasteiger partial charge in [0.2, 0.25) is 11.9 Å². The Morgan fingerprint density at radius 2 is 1.87 bits per heavy atom. The number of hydrogen-bond acceptors (Lipinski definition) is 4. The monoisotopic (exact) mass is 425 g/mol. The van der Waals surface area contributed by atoms with Crippen molar-refractivity contribution >= 4 is 29.0 Å². The predicted octanol–water partition coefficient (Wildman–Crippen LogP) is 5.12. The fraction of sp³-hybridized carbons (Fsp3) is 0.217. The minimum atomic E-state index is -0.540. The van der Waals surface area contributed by atoms with Gasteiger partial charge in [0.05, 0.1) is 16.4 Å². The molecule has 30 heavy (non-hydrogen) atoms. The summed E-state index contributed by atoms with van der Waals surface area (Å²) in [6.45, 7) is 1.80. The molecule has 5 nitrogen and oxygen atoms in total. The number of carbonyl (C=O) groups excluding carboxylic acids is 2. The predicted molar refractivity (Wildman–Crippen MR) is 115 cm³/mol. The van der Waals surface area contributed by atoms with Crippen LogP contribution in [-0.2, 0) is 11.2 Å². The third-order valence-electron chi connectivity index (χ3n) is 4.80. The van der Waals surface area contributed by atoms with Crippen LogP contribution < -0.4 is 4.90 Å². The van der Waals surface area contributed by atoms with Crippen molar-refractivity contribution in [2.24, 2.45) is 0 Å². The number of hydrogen-bond donors (Lipinski definition) is 0. The number of amides is 1. The Morgan fingerprint density at radius 1 is 1.07 bits per heavy atom. The molecule has 0 unspecified atom stereocenters. The van der Waals surface area contributed by atoms with Gasteiger partial charge in [-0.15, -0.1) is 0 Å². The number of aromatic nitrogens is 2. The summed E-state index contributed by atoms with van der Waals surface area (Å²) < 4.78 is 12.9. The van der Waals surface area contributed by atoms with Crippen LogP contribution >= 0.6 is 11.6 Å². The topological polar surface area (TPSA) is 63.2 Å². The lowest BCUT2D eigenvalue weighted by Crippen LogP contribution is -2.25. The van der Waals surface area contributed by atoms with Crippen LogP contribution in [0.4, 0.5) is 10.1 Å². The number of aryl methyl sites for hydroxylation is 1. The number of benzene rings is 1. The van der Waals surface area contributed by atoms with Crippen molar-refractivity contribution in [3.8, 4) is 11.3 Å². The van der Waals surface area contributed by atoms with Crippen LogP contribution in [0.1, 0.15) is 35.7 Å². The van der Waals surface area contributed by atoms with Crippen molar-refractivity contribution in [3.63, 3.8) is 0 Å². The lowest BCUT2D eigenvalue weighted by atomic mass is 10.0. The number of rotatable bonds is 7. The van der Waals surface area contributed by atoms with Gasteiger partial charge >= 0.3 is 0 Å². The maximum absolute atomic E-state index is 12.9. The second-order valence-corrected chi connectivity index (χ2v) is 7.22. The quantitative estimate of drug-likeness (QED) is 0.389. The maximum atomic E-state index is 12.9. The van der Waals surface area contributed by atoms with E-state index in [9.17, 15) is 14.0 Å². The van der Waals surface area contributed by atoms with Crippen LogP contribution in [0, 0.1) is 5.95 Å². The Hall–Kier alpha value is -3.12. The fourth-order valence-corrected chi connectivity index (χ4v) is 3.30. The Kier molecular flexibility index (Phi) is 6.90. The Labute approximate surface area is 179 Å². The van der Waals surface area contributed by atoms with E-state index in [1.807, 2.05) is 6.07 Å². The van der Waals surface area contributed by atoms with Gasteiger partial charge < -0.3 is 4.90 Å². The summed E-state index contributed by atoms with van der Waals surface area (Å²) in [4.78, 5) is 33.8. The summed E-state index contributed by atoms with van der Waals surface area (Å²) in [7, 11) is 1.69. The van der Waals surface area contributed by atoms with Gasteiger partial charge in [-0.3, -0.25) is 14.6 Å². The van der Waals surface area contributed by atoms with Gasteiger partial charge in [-0.1, -0.05) is 30.7 Å². The number of nitrogens with zero attached hydrogens (tertiary/aromatic N) is 3. The average Bonchev–Trinajstić information content (AvgIpc) is 2.77. The zero-order valence-corrected chi connectivity index (χ0v) is 17.5. The van der Waals surface area contributed by atoms with Crippen molar-refractivity contribution in [2.75, 3.05) is 11.9 Å². The first kappa shape index (κ1) is 21.6. The van der Waals surface area contributed by atoms with Crippen LogP contribution in [0.25, 0.3) is 11.3 Å². The van der Waals surface area contributed by atoms with Crippen molar-refractivity contribution in [2.45, 2.75) is 26.2 Å². The molecule has 0 aliphatic heterocycles. The molecule has 1 amide bonds. The van der Waals surface area contributed by atoms with E-state index in [2.05, 4.69) is 9.97 Å². The number of Topliss-reactive ketones (excluding diaryl/α,β-unsaturated/α-hetero) is 1. The Balaban J connectivity index is 1.69. The van der Waals surface area contributed by atoms with E-state index >= 15 is 0 Å². The zero-order valence-electron chi connectivity index (χ0n) is 16.7. The van der Waals surface area contributed by atoms with Crippen molar-refractivity contribution < 1.29 is 14.0 Å². The van der Waals surface area contributed by atoms with Gasteiger partial charge in [-0.2, -0.15) is 4.39 Å². The summed E-state index contributed by atoms with van der Waals surface area (Å²) in [5.41, 5.74) is 3.40. The molecule has 3 rings (SSSR count). The summed E-state index contributed by atoms with van der Waals surface area (Å²) >= 11 is 6.36. The first-order valence-corrected chi connectivity index (χ1v) is 9.93. The van der Waals surface area contributed by atoms with E-state index in [1.54, 1.807) is 44.3 Å². The zero-order chi connectivity index (χ0) is 21.7. The molecule has 1 aromatic carbocycles. The number of halogens is 2. The molecule has 0 bridgehead atoms. The number of ketones is 1. The summed E-state index contributed by atoms with van der Waals surface area (Å²) in [6, 6.07) is 11.8. The second-order valence-electron chi connectivity index (χ2n) is 6.82. The molecule has 0 saturated carbocycles. The lowest BCUT2D eigenvalue weighted by Gasteiger charge is -2.18. The van der Waals surface area contributed by atoms with Gasteiger partial charge in [-0.05, 0) is 42.3 Å². The highest BCUT2D eigenvalue weighted by Gasteiger charge is 2.14. The number of anilines is 1. The molecular weight excluding hydrogens is 405 g/mol. The van der Waals surface area contributed by atoms with Gasteiger partial charge in [0, 0.05) is 43.4 Å². The van der Waals surface area contributed by atoms with Crippen LogP contribution in [-0.4, -0.2) is 28.7 Å². The summed E-state index contributed by atoms with van der Waals surface area (Å²) in [5, 5.41) is 0.451. The molecular formula is C23H21ClFN3O2. The lowest BCUT2D eigenvalue weighted by molar-refractivity contribution is -0.118. The van der Waals surface area contributed by atoms with Crippen LogP contribution in [0.15, 0.2) is 54.9 Å². The smallest absolute Gasteiger partial charge is 0.226 e. The minimum Gasteiger partial charge on any atom is -0.314 e. The van der Waals surface area contributed by atoms with Gasteiger partial charge in [-0.25, -0.2) is 4.98 Å². The molecule has 0 fully saturated rings. The van der Waals surface area contributed by atoms with Crippen LogP contribution in [0.3, 0.4) is 0 Å². The molecule has 0 N–H and O–H groups in total. The molecule has 2 aromatic heterocycles. The largest absolute Gasteiger partial charge is 0.314 e. The highest BCUT2D eigenvalue weighted by atomic mass is 35.5. The molecule has 0 aliphatic carbocycles. The van der Waals surface area contributed by atoms with E-state index in [1.165, 1.54) is 23.4 Å². The molecule has 0 atom stereocenters. The Bertz CT molecular complexity index is 1050. The summed E-state index contributed by atoms with van der Waals surface area (Å²) in [5.74, 6) is -0.616. The van der Waals surface area contributed by atoms with E-state index in [0.29, 0.717) is 34.8 Å². The van der Waals surface area contributed by atoms with Gasteiger partial charge in [0.1, 0.15) is 0 Å². The molecule has 7 heteroatoms. The molecule has 154 valence electrons. The van der Waals surface area contributed by atoms with Gasteiger partial charge in [0.15, 0.2) is 5.78 Å². The molecule has 3 aromatic rings. The molecule has 0 saturated heterocycles. The molecule has 2 heterocycles. The van der Waals surface area contributed by atoms with Crippen LogP contribution in [0.2, 0.25) is 5.02 Å². The molecule has 0 spiro atoms. The summed E-state index contributed by atoms with van der Waals surface area (Å²) in [6.07, 6.45) is 4.13. The van der Waals surface area contributed by atoms with Gasteiger partial charge in [0.25, 0.3) is 0 Å². The maximum Gasteiger partial charge on any atom is 0.226 e. The fourth-order valence-electron chi connectivity index (χ4n) is 3.00. The van der Waals surface area contributed by atoms with E-state index < -0.39 is 5.95 Å². The molecule has 0 radical (unpaired) electrons. The SMILES string of the molecule is CCC(=O)N(C)c1ccc(-c2ccc(C(=O)CCc3ccc(F)nc3)cn2)cc1Cl. The van der Waals surface area contributed by atoms with Crippen LogP contribution in [0.5, 0.6) is 0 Å². The van der Waals surface area contributed by atoms with Crippen molar-refractivity contribution in [1.29, 1.82) is 0 Å². The molecule has 0 aliphatic rings. The van der Waals surface area contributed by atoms with E-state index in [4.69, 9.17) is 11.6 Å². The minimum absolute atomic E-state index is 0.0259. The standard InChI is InChI=1S/C23H21ClFN3O2/c1-3-23(30)28(2)20-9-7-16(12-18(20)24)19-8-6-17(14-26-19)21(29)10-4-15-5-11-22(25)27-13-15/h5-9,11-14H,3-4,10H2,1-2H3. The van der Waals surface area contributed by atoms with Crippen molar-refractivity contribution in [1.82, 2.24) is 9.97 Å². The average molecular weight is 426 g/mol. The highest BCUT2D eigenvalue weighted by molar-refractivity contribution is 6.34. The first-order valence-electron chi connectivity index (χ1n) is 9.55. The third-order valence-corrected chi connectivity index (χ3v) is 5.10. The Morgan fingerprint density at radius 3 is 2.47 bits per heavy atom. The normalized spacial score (nSPS) is 10.7. The highest BCUT2D eigenvalue weighted by Crippen LogP contribution is 2.30. The van der Waals surface area contributed by atoms with E-state index in [0.717, 1.165) is 11.1 Å². The van der Waals surface area contributed by atoms with Crippen molar-refractivity contribution in [3.05, 3.63) is 77.0 Å². The third kappa shape index (κ3) is 5.07. The number of carbonyl (C=O) groups is 2.